The average molecular weight is 261 g/mol. The number of benzene rings is 1. The third kappa shape index (κ3) is 3.95. The van der Waals surface area contributed by atoms with Gasteiger partial charge in [-0.2, -0.15) is 0 Å². The van der Waals surface area contributed by atoms with Crippen LogP contribution in [-0.2, 0) is 0 Å². The van der Waals surface area contributed by atoms with Crippen LogP contribution in [0.15, 0.2) is 24.3 Å². The molecule has 0 spiro atoms. The molecule has 3 nitrogen and oxygen atoms in total. The molecular formula is C16H27N3. The van der Waals surface area contributed by atoms with Crippen LogP contribution in [0.3, 0.4) is 0 Å². The van der Waals surface area contributed by atoms with Crippen LogP contribution < -0.4 is 10.6 Å². The van der Waals surface area contributed by atoms with Crippen LogP contribution in [0, 0.1) is 0 Å². The standard InChI is InChI=1S/C16H27N3/c1-18(2)16-8-6-14(7-9-16)15(12-17)13-19-10-4-3-5-11-19/h6-9,15H,3-5,10-13,17H2,1-2H3. The van der Waals surface area contributed by atoms with Gasteiger partial charge in [-0.1, -0.05) is 18.6 Å². The number of hydrogen-bond donors (Lipinski definition) is 1. The van der Waals surface area contributed by atoms with Gasteiger partial charge in [-0.15, -0.1) is 0 Å². The first-order chi connectivity index (χ1) is 9.20. The second-order valence-corrected chi connectivity index (χ2v) is 5.78. The third-order valence-electron chi connectivity index (χ3n) is 4.09. The Morgan fingerprint density at radius 1 is 1.11 bits per heavy atom. The highest BCUT2D eigenvalue weighted by Gasteiger charge is 2.17. The summed E-state index contributed by atoms with van der Waals surface area (Å²) in [4.78, 5) is 4.70. The number of rotatable bonds is 5. The maximum atomic E-state index is 5.98. The van der Waals surface area contributed by atoms with Crippen molar-refractivity contribution in [2.75, 3.05) is 45.2 Å². The van der Waals surface area contributed by atoms with E-state index in [1.165, 1.54) is 43.6 Å². The van der Waals surface area contributed by atoms with E-state index >= 15 is 0 Å². The van der Waals surface area contributed by atoms with Gasteiger partial charge in [0, 0.05) is 38.8 Å². The minimum Gasteiger partial charge on any atom is -0.378 e. The van der Waals surface area contributed by atoms with E-state index in [4.69, 9.17) is 5.73 Å². The number of piperidine rings is 1. The van der Waals surface area contributed by atoms with Crippen LogP contribution in [0.1, 0.15) is 30.7 Å². The van der Waals surface area contributed by atoms with E-state index in [1.807, 2.05) is 0 Å². The van der Waals surface area contributed by atoms with Gasteiger partial charge in [0.25, 0.3) is 0 Å². The average Bonchev–Trinajstić information content (AvgIpc) is 2.46. The van der Waals surface area contributed by atoms with Crippen molar-refractivity contribution in [1.29, 1.82) is 0 Å². The maximum Gasteiger partial charge on any atom is 0.0361 e. The Labute approximate surface area is 117 Å². The van der Waals surface area contributed by atoms with Crippen molar-refractivity contribution in [3.8, 4) is 0 Å². The molecule has 1 aromatic carbocycles. The molecule has 3 heteroatoms. The first-order valence-corrected chi connectivity index (χ1v) is 7.40. The fourth-order valence-electron chi connectivity index (χ4n) is 2.81. The zero-order chi connectivity index (χ0) is 13.7. The molecule has 0 bridgehead atoms. The Kier molecular flexibility index (Phi) is 5.23. The molecule has 1 unspecified atom stereocenters. The molecule has 0 radical (unpaired) electrons. The molecule has 1 aliphatic rings. The molecule has 0 amide bonds. The van der Waals surface area contributed by atoms with Crippen molar-refractivity contribution in [3.63, 3.8) is 0 Å². The van der Waals surface area contributed by atoms with Gasteiger partial charge in [0.15, 0.2) is 0 Å². The smallest absolute Gasteiger partial charge is 0.0361 e. The lowest BCUT2D eigenvalue weighted by atomic mass is 9.97. The van der Waals surface area contributed by atoms with Crippen molar-refractivity contribution in [1.82, 2.24) is 4.90 Å². The van der Waals surface area contributed by atoms with Crippen LogP contribution in [0.5, 0.6) is 0 Å². The molecule has 1 heterocycles. The van der Waals surface area contributed by atoms with Crippen molar-refractivity contribution in [3.05, 3.63) is 29.8 Å². The minimum absolute atomic E-state index is 0.467. The van der Waals surface area contributed by atoms with E-state index in [-0.39, 0.29) is 0 Å². The fourth-order valence-corrected chi connectivity index (χ4v) is 2.81. The van der Waals surface area contributed by atoms with Gasteiger partial charge in [0.05, 0.1) is 0 Å². The molecule has 106 valence electrons. The Bertz CT molecular complexity index is 366. The largest absolute Gasteiger partial charge is 0.378 e. The number of anilines is 1. The summed E-state index contributed by atoms with van der Waals surface area (Å²) in [6.07, 6.45) is 4.08. The van der Waals surface area contributed by atoms with E-state index in [1.54, 1.807) is 0 Å². The summed E-state index contributed by atoms with van der Waals surface area (Å²) >= 11 is 0. The van der Waals surface area contributed by atoms with Gasteiger partial charge in [-0.25, -0.2) is 0 Å². The lowest BCUT2D eigenvalue weighted by molar-refractivity contribution is 0.216. The van der Waals surface area contributed by atoms with Gasteiger partial charge in [-0.05, 0) is 43.6 Å². The number of hydrogen-bond acceptors (Lipinski definition) is 3. The molecule has 1 fully saturated rings. The summed E-state index contributed by atoms with van der Waals surface area (Å²) in [5.74, 6) is 0.467. The fraction of sp³-hybridized carbons (Fsp3) is 0.625. The number of nitrogens with two attached hydrogens (primary N) is 1. The first-order valence-electron chi connectivity index (χ1n) is 7.40. The third-order valence-corrected chi connectivity index (χ3v) is 4.09. The molecule has 2 N–H and O–H groups in total. The Morgan fingerprint density at radius 3 is 2.26 bits per heavy atom. The summed E-state index contributed by atoms with van der Waals surface area (Å²) in [5.41, 5.74) is 8.60. The lowest BCUT2D eigenvalue weighted by Crippen LogP contribution is -2.35. The van der Waals surface area contributed by atoms with Crippen molar-refractivity contribution >= 4 is 5.69 Å². The monoisotopic (exact) mass is 261 g/mol. The van der Waals surface area contributed by atoms with Crippen LogP contribution in [-0.4, -0.2) is 45.2 Å². The maximum absolute atomic E-state index is 5.98. The quantitative estimate of drug-likeness (QED) is 0.882. The van der Waals surface area contributed by atoms with E-state index in [0.717, 1.165) is 13.1 Å². The predicted molar refractivity (Wildman–Crippen MR) is 82.9 cm³/mol. The van der Waals surface area contributed by atoms with Crippen LogP contribution in [0.4, 0.5) is 5.69 Å². The molecule has 19 heavy (non-hydrogen) atoms. The molecule has 1 saturated heterocycles. The summed E-state index contributed by atoms with van der Waals surface area (Å²) in [6, 6.07) is 8.84. The van der Waals surface area contributed by atoms with Crippen LogP contribution in [0.2, 0.25) is 0 Å². The molecular weight excluding hydrogens is 234 g/mol. The highest BCUT2D eigenvalue weighted by atomic mass is 15.1. The molecule has 2 rings (SSSR count). The van der Waals surface area contributed by atoms with Crippen LogP contribution in [0.25, 0.3) is 0 Å². The minimum atomic E-state index is 0.467. The molecule has 0 aliphatic carbocycles. The lowest BCUT2D eigenvalue weighted by Gasteiger charge is -2.30. The van der Waals surface area contributed by atoms with Gasteiger partial charge in [-0.3, -0.25) is 0 Å². The SMILES string of the molecule is CN(C)c1ccc(C(CN)CN2CCCCC2)cc1. The van der Waals surface area contributed by atoms with E-state index in [9.17, 15) is 0 Å². The summed E-state index contributed by atoms with van der Waals surface area (Å²) in [7, 11) is 4.15. The first kappa shape index (κ1) is 14.4. The predicted octanol–water partition coefficient (Wildman–Crippen LogP) is 2.28. The Morgan fingerprint density at radius 2 is 1.74 bits per heavy atom. The zero-order valence-corrected chi connectivity index (χ0v) is 12.3. The summed E-state index contributed by atoms with van der Waals surface area (Å²) in [6.45, 7) is 4.33. The zero-order valence-electron chi connectivity index (χ0n) is 12.3. The van der Waals surface area contributed by atoms with Gasteiger partial charge >= 0.3 is 0 Å². The molecule has 1 atom stereocenters. The summed E-state index contributed by atoms with van der Waals surface area (Å²) in [5, 5.41) is 0. The highest BCUT2D eigenvalue weighted by Crippen LogP contribution is 2.21. The second kappa shape index (κ2) is 6.92. The van der Waals surface area contributed by atoms with E-state index in [2.05, 4.69) is 48.2 Å². The molecule has 1 aliphatic heterocycles. The second-order valence-electron chi connectivity index (χ2n) is 5.78. The topological polar surface area (TPSA) is 32.5 Å². The van der Waals surface area contributed by atoms with Gasteiger partial charge < -0.3 is 15.5 Å². The Balaban J connectivity index is 1.99. The van der Waals surface area contributed by atoms with Crippen molar-refractivity contribution < 1.29 is 0 Å². The van der Waals surface area contributed by atoms with Gasteiger partial charge in [0.2, 0.25) is 0 Å². The summed E-state index contributed by atoms with van der Waals surface area (Å²) < 4.78 is 0. The number of likely N-dealkylation sites (tertiary alicyclic amines) is 1. The molecule has 1 aromatic rings. The normalized spacial score (nSPS) is 18.3. The van der Waals surface area contributed by atoms with Gasteiger partial charge in [0.1, 0.15) is 0 Å². The van der Waals surface area contributed by atoms with E-state index in [0.29, 0.717) is 5.92 Å². The Hall–Kier alpha value is -1.06. The van der Waals surface area contributed by atoms with Crippen LogP contribution >= 0.6 is 0 Å². The molecule has 0 saturated carbocycles. The van der Waals surface area contributed by atoms with Crippen molar-refractivity contribution in [2.24, 2.45) is 5.73 Å². The number of nitrogens with zero attached hydrogens (tertiary/aromatic N) is 2. The van der Waals surface area contributed by atoms with Crippen molar-refractivity contribution in [2.45, 2.75) is 25.2 Å². The molecule has 0 aromatic heterocycles. The highest BCUT2D eigenvalue weighted by molar-refractivity contribution is 5.46. The van der Waals surface area contributed by atoms with E-state index < -0.39 is 0 Å².